The highest BCUT2D eigenvalue weighted by Crippen LogP contribution is 2.27. The predicted molar refractivity (Wildman–Crippen MR) is 135 cm³/mol. The predicted octanol–water partition coefficient (Wildman–Crippen LogP) is 4.92. The number of benzene rings is 1. The number of aryl methyl sites for hydroxylation is 3. The molecule has 0 atom stereocenters. The van der Waals surface area contributed by atoms with E-state index < -0.39 is 0 Å². The van der Waals surface area contributed by atoms with Crippen molar-refractivity contribution in [2.24, 2.45) is 7.05 Å². The number of nitrogens with zero attached hydrogens (tertiary/aromatic N) is 5. The van der Waals surface area contributed by atoms with Crippen LogP contribution in [-0.4, -0.2) is 30.6 Å². The van der Waals surface area contributed by atoms with E-state index in [0.717, 1.165) is 38.6 Å². The zero-order valence-electron chi connectivity index (χ0n) is 20.3. The van der Waals surface area contributed by atoms with Crippen LogP contribution in [0.15, 0.2) is 43.0 Å². The molecule has 1 aromatic carbocycles. The fourth-order valence-corrected chi connectivity index (χ4v) is 4.33. The van der Waals surface area contributed by atoms with Crippen molar-refractivity contribution in [2.45, 2.75) is 46.6 Å². The Kier molecular flexibility index (Phi) is 6.47. The molecule has 4 aromatic rings. The Bertz CT molecular complexity index is 1330. The molecule has 0 radical (unpaired) electrons. The van der Waals surface area contributed by atoms with Crippen molar-refractivity contribution in [3.63, 3.8) is 0 Å². The Balaban J connectivity index is 1.47. The van der Waals surface area contributed by atoms with Gasteiger partial charge < -0.3 is 10.6 Å². The van der Waals surface area contributed by atoms with Crippen molar-refractivity contribution in [1.82, 2.24) is 30.0 Å². The lowest BCUT2D eigenvalue weighted by atomic mass is 9.98. The topological polar surface area (TPSA) is 97.6 Å². The Labute approximate surface area is 203 Å². The van der Waals surface area contributed by atoms with Gasteiger partial charge in [0.1, 0.15) is 4.88 Å². The number of hydrogen-bond acceptors (Lipinski definition) is 7. The van der Waals surface area contributed by atoms with E-state index in [2.05, 4.69) is 52.5 Å². The molecule has 3 aromatic heterocycles. The van der Waals surface area contributed by atoms with Crippen molar-refractivity contribution in [3.05, 3.63) is 69.6 Å². The number of nitrogens with one attached hydrogen (secondary N) is 2. The monoisotopic (exact) mass is 475 g/mol. The second kappa shape index (κ2) is 9.34. The highest BCUT2D eigenvalue weighted by atomic mass is 32.1. The van der Waals surface area contributed by atoms with Crippen molar-refractivity contribution in [2.75, 3.05) is 5.32 Å². The van der Waals surface area contributed by atoms with Crippen LogP contribution in [0.4, 0.5) is 11.6 Å². The van der Waals surface area contributed by atoms with Crippen molar-refractivity contribution in [3.8, 4) is 11.3 Å². The maximum absolute atomic E-state index is 12.6. The van der Waals surface area contributed by atoms with Crippen LogP contribution in [0, 0.1) is 13.8 Å². The van der Waals surface area contributed by atoms with Crippen LogP contribution in [0.3, 0.4) is 0 Å². The minimum absolute atomic E-state index is 0.0674. The lowest BCUT2D eigenvalue weighted by Crippen LogP contribution is -2.22. The van der Waals surface area contributed by atoms with Crippen LogP contribution in [0.1, 0.15) is 52.1 Å². The number of amides is 1. The molecule has 9 heteroatoms. The smallest absolute Gasteiger partial charge is 0.263 e. The standard InChI is InChI=1S/C25H29N7OS/c1-15-9-17(21-16(2)10-28-24(31-21)30-19-12-29-32(6)14-19)7-8-18(15)11-26-22(33)20-13-27-23(34-20)25(3,4)5/h7-10,12-14H,11H2,1-6H3,(H,26,33)(H,28,30,31). The van der Waals surface area contributed by atoms with Gasteiger partial charge in [-0.25, -0.2) is 15.0 Å². The second-order valence-corrected chi connectivity index (χ2v) is 10.4. The fourth-order valence-electron chi connectivity index (χ4n) is 3.44. The average Bonchev–Trinajstić information content (AvgIpc) is 3.43. The Morgan fingerprint density at radius 2 is 1.88 bits per heavy atom. The molecule has 0 aliphatic carbocycles. The molecule has 0 bridgehead atoms. The lowest BCUT2D eigenvalue weighted by Gasteiger charge is -2.13. The summed E-state index contributed by atoms with van der Waals surface area (Å²) in [4.78, 5) is 26.8. The summed E-state index contributed by atoms with van der Waals surface area (Å²) in [6.45, 7) is 10.8. The van der Waals surface area contributed by atoms with Crippen LogP contribution in [0.2, 0.25) is 0 Å². The number of rotatable bonds is 6. The van der Waals surface area contributed by atoms with E-state index >= 15 is 0 Å². The zero-order chi connectivity index (χ0) is 24.5. The number of carbonyl (C=O) groups excluding carboxylic acids is 1. The molecule has 0 saturated carbocycles. The van der Waals surface area contributed by atoms with Gasteiger partial charge in [-0.2, -0.15) is 5.10 Å². The largest absolute Gasteiger partial charge is 0.347 e. The van der Waals surface area contributed by atoms with Crippen LogP contribution >= 0.6 is 11.3 Å². The first-order chi connectivity index (χ1) is 16.1. The Morgan fingerprint density at radius 3 is 2.53 bits per heavy atom. The minimum Gasteiger partial charge on any atom is -0.347 e. The number of aromatic nitrogens is 5. The molecule has 0 unspecified atom stereocenters. The molecule has 176 valence electrons. The van der Waals surface area contributed by atoms with Gasteiger partial charge in [0.15, 0.2) is 0 Å². The zero-order valence-corrected chi connectivity index (χ0v) is 21.1. The van der Waals surface area contributed by atoms with Gasteiger partial charge in [0.05, 0.1) is 28.8 Å². The number of carbonyl (C=O) groups is 1. The van der Waals surface area contributed by atoms with Gasteiger partial charge in [0.2, 0.25) is 5.95 Å². The molecule has 0 fully saturated rings. The van der Waals surface area contributed by atoms with Crippen LogP contribution in [-0.2, 0) is 19.0 Å². The van der Waals surface area contributed by atoms with Gasteiger partial charge in [0, 0.05) is 37.0 Å². The van der Waals surface area contributed by atoms with E-state index in [1.807, 2.05) is 45.4 Å². The maximum atomic E-state index is 12.6. The van der Waals surface area contributed by atoms with Gasteiger partial charge in [0.25, 0.3) is 5.91 Å². The molecule has 0 aliphatic heterocycles. The SMILES string of the molecule is Cc1cc(-c2nc(Nc3cnn(C)c3)ncc2C)ccc1CNC(=O)c1cnc(C(C)(C)C)s1. The van der Waals surface area contributed by atoms with Gasteiger partial charge in [-0.05, 0) is 36.6 Å². The highest BCUT2D eigenvalue weighted by molar-refractivity contribution is 7.13. The average molecular weight is 476 g/mol. The molecule has 3 heterocycles. The first-order valence-corrected chi connectivity index (χ1v) is 11.9. The summed E-state index contributed by atoms with van der Waals surface area (Å²) < 4.78 is 1.72. The van der Waals surface area contributed by atoms with Crippen LogP contribution in [0.25, 0.3) is 11.3 Å². The molecule has 1 amide bonds. The summed E-state index contributed by atoms with van der Waals surface area (Å²) in [5.74, 6) is 0.413. The Morgan fingerprint density at radius 1 is 1.09 bits per heavy atom. The second-order valence-electron chi connectivity index (χ2n) is 9.36. The van der Waals surface area contributed by atoms with Gasteiger partial charge in [-0.15, -0.1) is 11.3 Å². The summed E-state index contributed by atoms with van der Waals surface area (Å²) in [7, 11) is 1.86. The Hall–Kier alpha value is -3.59. The summed E-state index contributed by atoms with van der Waals surface area (Å²) in [6.07, 6.45) is 7.07. The number of anilines is 2. The quantitative estimate of drug-likeness (QED) is 0.411. The van der Waals surface area contributed by atoms with Crippen molar-refractivity contribution >= 4 is 28.9 Å². The molecule has 2 N–H and O–H groups in total. The van der Waals surface area contributed by atoms with E-state index in [1.165, 1.54) is 11.3 Å². The van der Waals surface area contributed by atoms with E-state index in [-0.39, 0.29) is 11.3 Å². The van der Waals surface area contributed by atoms with Gasteiger partial charge >= 0.3 is 0 Å². The normalized spacial score (nSPS) is 11.5. The first-order valence-electron chi connectivity index (χ1n) is 11.0. The van der Waals surface area contributed by atoms with Gasteiger partial charge in [-0.3, -0.25) is 9.48 Å². The molecular weight excluding hydrogens is 446 g/mol. The third kappa shape index (κ3) is 5.31. The maximum Gasteiger partial charge on any atom is 0.263 e. The molecule has 0 spiro atoms. The summed E-state index contributed by atoms with van der Waals surface area (Å²) in [5, 5.41) is 11.3. The van der Waals surface area contributed by atoms with E-state index in [0.29, 0.717) is 17.4 Å². The molecule has 0 aliphatic rings. The van der Waals surface area contributed by atoms with Gasteiger partial charge in [-0.1, -0.05) is 32.9 Å². The van der Waals surface area contributed by atoms with E-state index in [1.54, 1.807) is 17.1 Å². The molecule has 0 saturated heterocycles. The highest BCUT2D eigenvalue weighted by Gasteiger charge is 2.20. The van der Waals surface area contributed by atoms with Crippen molar-refractivity contribution < 1.29 is 4.79 Å². The van der Waals surface area contributed by atoms with Crippen LogP contribution < -0.4 is 10.6 Å². The van der Waals surface area contributed by atoms with E-state index in [9.17, 15) is 4.79 Å². The van der Waals surface area contributed by atoms with Crippen molar-refractivity contribution in [1.29, 1.82) is 0 Å². The summed E-state index contributed by atoms with van der Waals surface area (Å²) >= 11 is 1.44. The molecule has 8 nitrogen and oxygen atoms in total. The molecule has 4 rings (SSSR count). The summed E-state index contributed by atoms with van der Waals surface area (Å²) in [6, 6.07) is 6.16. The third-order valence-electron chi connectivity index (χ3n) is 5.36. The first kappa shape index (κ1) is 23.6. The number of thiazole rings is 1. The number of hydrogen-bond donors (Lipinski definition) is 2. The van der Waals surface area contributed by atoms with E-state index in [4.69, 9.17) is 4.98 Å². The minimum atomic E-state index is -0.103. The fraction of sp³-hybridized carbons (Fsp3) is 0.320. The summed E-state index contributed by atoms with van der Waals surface area (Å²) in [5.41, 5.74) is 5.74. The lowest BCUT2D eigenvalue weighted by molar-refractivity contribution is 0.0954. The third-order valence-corrected chi connectivity index (χ3v) is 6.78. The molecule has 34 heavy (non-hydrogen) atoms. The molecular formula is C25H29N7OS. The van der Waals surface area contributed by atoms with Crippen LogP contribution in [0.5, 0.6) is 0 Å².